The van der Waals surface area contributed by atoms with Gasteiger partial charge in [-0.3, -0.25) is 0 Å². The monoisotopic (exact) mass is 212 g/mol. The van der Waals surface area contributed by atoms with Gasteiger partial charge in [0.25, 0.3) is 5.76 Å². The van der Waals surface area contributed by atoms with Crippen LogP contribution in [0.15, 0.2) is 23.1 Å². The summed E-state index contributed by atoms with van der Waals surface area (Å²) in [5.41, 5.74) is 0. The zero-order chi connectivity index (χ0) is 9.14. The molecule has 1 aromatic carbocycles. The van der Waals surface area contributed by atoms with Crippen molar-refractivity contribution in [3.05, 3.63) is 29.0 Å². The van der Waals surface area contributed by atoms with Crippen LogP contribution in [0.4, 0.5) is 13.2 Å². The number of rotatable bonds is 2. The zero-order valence-electron chi connectivity index (χ0n) is 5.73. The fourth-order valence-electron chi connectivity index (χ4n) is 0.684. The van der Waals surface area contributed by atoms with Gasteiger partial charge in [-0.15, -0.1) is 0 Å². The normalized spacial score (nSPS) is 10.8. The Morgan fingerprint density at radius 2 is 2.00 bits per heavy atom. The van der Waals surface area contributed by atoms with Gasteiger partial charge < -0.3 is 0 Å². The molecule has 0 aliphatic rings. The van der Waals surface area contributed by atoms with Crippen LogP contribution in [0.1, 0.15) is 0 Å². The third-order valence-corrected chi connectivity index (χ3v) is 2.38. The SMILES string of the molecule is Fc1cccc(Cl)c1SC(F)F. The molecule has 0 bridgehead atoms. The minimum absolute atomic E-state index is 0.0142. The molecule has 0 nitrogen and oxygen atoms in total. The van der Waals surface area contributed by atoms with Crippen LogP contribution in [0.5, 0.6) is 0 Å². The van der Waals surface area contributed by atoms with Crippen molar-refractivity contribution in [3.63, 3.8) is 0 Å². The van der Waals surface area contributed by atoms with Crippen molar-refractivity contribution in [1.29, 1.82) is 0 Å². The maximum Gasteiger partial charge on any atom is 0.289 e. The summed E-state index contributed by atoms with van der Waals surface area (Å²) >= 11 is 5.59. The van der Waals surface area contributed by atoms with E-state index < -0.39 is 11.6 Å². The minimum atomic E-state index is -2.65. The molecule has 1 aromatic rings. The van der Waals surface area contributed by atoms with Gasteiger partial charge in [-0.05, 0) is 12.1 Å². The van der Waals surface area contributed by atoms with E-state index in [4.69, 9.17) is 11.6 Å². The van der Waals surface area contributed by atoms with Crippen LogP contribution in [0, 0.1) is 5.82 Å². The van der Waals surface area contributed by atoms with E-state index in [2.05, 4.69) is 0 Å². The van der Waals surface area contributed by atoms with Crippen LogP contribution < -0.4 is 0 Å². The summed E-state index contributed by atoms with van der Waals surface area (Å²) in [6, 6.07) is 3.83. The first kappa shape index (κ1) is 9.74. The van der Waals surface area contributed by atoms with E-state index >= 15 is 0 Å². The average Bonchev–Trinajstić information content (AvgIpc) is 1.97. The number of hydrogen-bond acceptors (Lipinski definition) is 1. The summed E-state index contributed by atoms with van der Waals surface area (Å²) in [6.07, 6.45) is 0. The Hall–Kier alpha value is -0.350. The number of thioether (sulfide) groups is 1. The molecule has 12 heavy (non-hydrogen) atoms. The molecule has 0 aliphatic carbocycles. The second-order valence-corrected chi connectivity index (χ2v) is 3.34. The van der Waals surface area contributed by atoms with E-state index in [9.17, 15) is 13.2 Å². The predicted octanol–water partition coefficient (Wildman–Crippen LogP) is 3.79. The van der Waals surface area contributed by atoms with Gasteiger partial charge in [-0.1, -0.05) is 29.4 Å². The molecule has 0 amide bonds. The van der Waals surface area contributed by atoms with Crippen molar-refractivity contribution in [3.8, 4) is 0 Å². The zero-order valence-corrected chi connectivity index (χ0v) is 7.30. The van der Waals surface area contributed by atoms with Gasteiger partial charge in [-0.25, -0.2) is 4.39 Å². The Labute approximate surface area is 76.7 Å². The smallest absolute Gasteiger partial charge is 0.206 e. The van der Waals surface area contributed by atoms with E-state index in [0.717, 1.165) is 6.07 Å². The Kier molecular flexibility index (Phi) is 3.29. The summed E-state index contributed by atoms with van der Waals surface area (Å²) < 4.78 is 36.4. The van der Waals surface area contributed by atoms with Crippen LogP contribution >= 0.6 is 23.4 Å². The highest BCUT2D eigenvalue weighted by molar-refractivity contribution is 7.99. The molecule has 1 rings (SSSR count). The molecule has 0 spiro atoms. The Morgan fingerprint density at radius 1 is 1.33 bits per heavy atom. The lowest BCUT2D eigenvalue weighted by atomic mass is 10.3. The quantitative estimate of drug-likeness (QED) is 0.672. The van der Waals surface area contributed by atoms with Crippen LogP contribution in [-0.4, -0.2) is 5.76 Å². The highest BCUT2D eigenvalue weighted by Crippen LogP contribution is 2.33. The number of benzene rings is 1. The summed E-state index contributed by atoms with van der Waals surface area (Å²) in [7, 11) is 0. The van der Waals surface area contributed by atoms with Gasteiger partial charge in [0.2, 0.25) is 0 Å². The molecule has 0 N–H and O–H groups in total. The van der Waals surface area contributed by atoms with Crippen molar-refractivity contribution >= 4 is 23.4 Å². The summed E-state index contributed by atoms with van der Waals surface area (Å²) in [5, 5.41) is 0.0142. The first-order valence-electron chi connectivity index (χ1n) is 3.00. The fraction of sp³-hybridized carbons (Fsp3) is 0.143. The second-order valence-electron chi connectivity index (χ2n) is 1.93. The van der Waals surface area contributed by atoms with E-state index in [1.54, 1.807) is 0 Å². The van der Waals surface area contributed by atoms with Gasteiger partial charge in [0.1, 0.15) is 5.82 Å². The topological polar surface area (TPSA) is 0 Å². The van der Waals surface area contributed by atoms with Crippen molar-refractivity contribution < 1.29 is 13.2 Å². The number of halogens is 4. The third-order valence-electron chi connectivity index (χ3n) is 1.13. The highest BCUT2D eigenvalue weighted by atomic mass is 35.5. The summed E-state index contributed by atoms with van der Waals surface area (Å²) in [6.45, 7) is 0. The van der Waals surface area contributed by atoms with Gasteiger partial charge in [-0.2, -0.15) is 8.78 Å². The van der Waals surface area contributed by atoms with Crippen LogP contribution in [0.25, 0.3) is 0 Å². The molecule has 0 unspecified atom stereocenters. The first-order valence-corrected chi connectivity index (χ1v) is 4.26. The maximum atomic E-state index is 12.8. The van der Waals surface area contributed by atoms with Crippen molar-refractivity contribution in [1.82, 2.24) is 0 Å². The first-order chi connectivity index (χ1) is 5.61. The Morgan fingerprint density at radius 3 is 2.50 bits per heavy atom. The van der Waals surface area contributed by atoms with E-state index in [0.29, 0.717) is 0 Å². The molecular formula is C7H4ClF3S. The molecule has 5 heteroatoms. The molecule has 0 heterocycles. The third kappa shape index (κ3) is 2.32. The average molecular weight is 213 g/mol. The standard InChI is InChI=1S/C7H4ClF3S/c8-4-2-1-3-5(9)6(4)12-7(10)11/h1-3,7H. The van der Waals surface area contributed by atoms with Crippen LogP contribution in [-0.2, 0) is 0 Å². The number of alkyl halides is 2. The van der Waals surface area contributed by atoms with Crippen LogP contribution in [0.3, 0.4) is 0 Å². The van der Waals surface area contributed by atoms with E-state index in [1.165, 1.54) is 12.1 Å². The lowest BCUT2D eigenvalue weighted by Crippen LogP contribution is -1.86. The van der Waals surface area contributed by atoms with E-state index in [1.807, 2.05) is 0 Å². The van der Waals surface area contributed by atoms with Crippen molar-refractivity contribution in [2.24, 2.45) is 0 Å². The fourth-order valence-corrected chi connectivity index (χ4v) is 1.52. The highest BCUT2D eigenvalue weighted by Gasteiger charge is 2.12. The molecule has 0 radical (unpaired) electrons. The van der Waals surface area contributed by atoms with Crippen LogP contribution in [0.2, 0.25) is 5.02 Å². The molecule has 66 valence electrons. The molecule has 0 fully saturated rings. The second kappa shape index (κ2) is 4.05. The predicted molar refractivity (Wildman–Crippen MR) is 43.3 cm³/mol. The maximum absolute atomic E-state index is 12.8. The lowest BCUT2D eigenvalue weighted by Gasteiger charge is -2.03. The molecule has 0 saturated heterocycles. The van der Waals surface area contributed by atoms with Gasteiger partial charge in [0.15, 0.2) is 0 Å². The van der Waals surface area contributed by atoms with Gasteiger partial charge in [0, 0.05) is 0 Å². The minimum Gasteiger partial charge on any atom is -0.206 e. The largest absolute Gasteiger partial charge is 0.289 e. The molecule has 0 saturated carbocycles. The van der Waals surface area contributed by atoms with Crippen molar-refractivity contribution in [2.75, 3.05) is 0 Å². The molecule has 0 aromatic heterocycles. The Balaban J connectivity index is 2.96. The number of hydrogen-bond donors (Lipinski definition) is 0. The van der Waals surface area contributed by atoms with Crippen molar-refractivity contribution in [2.45, 2.75) is 10.7 Å². The molecule has 0 atom stereocenters. The Bertz CT molecular complexity index is 257. The molecular weight excluding hydrogens is 209 g/mol. The summed E-state index contributed by atoms with van der Waals surface area (Å²) in [4.78, 5) is -0.200. The van der Waals surface area contributed by atoms with Gasteiger partial charge >= 0.3 is 0 Å². The van der Waals surface area contributed by atoms with E-state index in [-0.39, 0.29) is 21.7 Å². The lowest BCUT2D eigenvalue weighted by molar-refractivity contribution is 0.252. The van der Waals surface area contributed by atoms with Gasteiger partial charge in [0.05, 0.1) is 9.92 Å². The molecule has 0 aliphatic heterocycles. The summed E-state index contributed by atoms with van der Waals surface area (Å²) in [5.74, 6) is -3.37.